The number of para-hydroxylation sites is 3. The Morgan fingerprint density at radius 1 is 0.645 bits per heavy atom. The highest BCUT2D eigenvalue weighted by Crippen LogP contribution is 2.39. The molecule has 0 aliphatic carbocycles. The van der Waals surface area contributed by atoms with Crippen molar-refractivity contribution in [2.75, 3.05) is 4.90 Å². The van der Waals surface area contributed by atoms with E-state index in [0.717, 1.165) is 27.6 Å². The molecule has 4 aromatic carbocycles. The van der Waals surface area contributed by atoms with Crippen LogP contribution in [0, 0.1) is 6.92 Å². The first kappa shape index (κ1) is 20.8. The minimum absolute atomic E-state index is 1.06. The molecule has 0 radical (unpaired) electrons. The number of benzene rings is 4. The summed E-state index contributed by atoms with van der Waals surface area (Å²) in [6, 6.07) is 35.9. The SMILES string of the molecule is CC.Cc1ccc(N(c2ccccc2)c2ccccc2)cc1-c1nc2ccccc2s1. The van der Waals surface area contributed by atoms with Crippen LogP contribution in [-0.2, 0) is 0 Å². The molecule has 0 unspecified atom stereocenters. The van der Waals surface area contributed by atoms with E-state index in [2.05, 4.69) is 96.8 Å². The first-order valence-electron chi connectivity index (χ1n) is 10.7. The van der Waals surface area contributed by atoms with Crippen LogP contribution in [0.3, 0.4) is 0 Å². The number of rotatable bonds is 4. The molecule has 0 aliphatic heterocycles. The van der Waals surface area contributed by atoms with Gasteiger partial charge in [0.15, 0.2) is 0 Å². The van der Waals surface area contributed by atoms with E-state index in [1.54, 1.807) is 11.3 Å². The Morgan fingerprint density at radius 3 is 1.84 bits per heavy atom. The van der Waals surface area contributed by atoms with Crippen molar-refractivity contribution < 1.29 is 0 Å². The van der Waals surface area contributed by atoms with Gasteiger partial charge >= 0.3 is 0 Å². The van der Waals surface area contributed by atoms with Crippen LogP contribution < -0.4 is 4.90 Å². The standard InChI is InChI=1S/C26H20N2S.C2H6/c1-19-16-17-22(18-23(19)26-27-24-14-8-9-15-25(24)29-26)28(20-10-4-2-5-11-20)21-12-6-3-7-13-21;1-2/h2-18H,1H3;1-2H3. The second-order valence-electron chi connectivity index (χ2n) is 6.99. The first-order chi connectivity index (χ1) is 15.3. The van der Waals surface area contributed by atoms with E-state index in [0.29, 0.717) is 0 Å². The lowest BCUT2D eigenvalue weighted by atomic mass is 10.1. The van der Waals surface area contributed by atoms with Gasteiger partial charge < -0.3 is 4.90 Å². The molecule has 0 bridgehead atoms. The van der Waals surface area contributed by atoms with Gasteiger partial charge in [-0.15, -0.1) is 11.3 Å². The summed E-state index contributed by atoms with van der Waals surface area (Å²) in [4.78, 5) is 7.18. The predicted molar refractivity (Wildman–Crippen MR) is 136 cm³/mol. The van der Waals surface area contributed by atoms with Gasteiger partial charge in [0.1, 0.15) is 5.01 Å². The van der Waals surface area contributed by atoms with E-state index in [1.807, 2.05) is 32.0 Å². The Balaban J connectivity index is 0.00000112. The number of aromatic nitrogens is 1. The fourth-order valence-corrected chi connectivity index (χ4v) is 4.62. The van der Waals surface area contributed by atoms with Crippen molar-refractivity contribution in [2.45, 2.75) is 20.8 Å². The second-order valence-corrected chi connectivity index (χ2v) is 8.02. The average molecular weight is 423 g/mol. The number of hydrogen-bond acceptors (Lipinski definition) is 3. The van der Waals surface area contributed by atoms with Crippen LogP contribution in [0.2, 0.25) is 0 Å². The van der Waals surface area contributed by atoms with Crippen LogP contribution >= 0.6 is 11.3 Å². The number of aryl methyl sites for hydroxylation is 1. The largest absolute Gasteiger partial charge is 0.310 e. The van der Waals surface area contributed by atoms with Crippen molar-refractivity contribution in [3.63, 3.8) is 0 Å². The summed E-state index contributed by atoms with van der Waals surface area (Å²) in [6.45, 7) is 6.15. The molecule has 2 nitrogen and oxygen atoms in total. The molecular weight excluding hydrogens is 396 g/mol. The quantitative estimate of drug-likeness (QED) is 0.288. The van der Waals surface area contributed by atoms with E-state index < -0.39 is 0 Å². The highest BCUT2D eigenvalue weighted by Gasteiger charge is 2.15. The van der Waals surface area contributed by atoms with Gasteiger partial charge in [-0.05, 0) is 61.0 Å². The van der Waals surface area contributed by atoms with E-state index in [1.165, 1.54) is 15.8 Å². The summed E-state index contributed by atoms with van der Waals surface area (Å²) in [7, 11) is 0. The fraction of sp³-hybridized carbons (Fsp3) is 0.107. The van der Waals surface area contributed by atoms with Crippen LogP contribution in [0.1, 0.15) is 19.4 Å². The third-order valence-corrected chi connectivity index (χ3v) is 6.10. The van der Waals surface area contributed by atoms with E-state index in [-0.39, 0.29) is 0 Å². The smallest absolute Gasteiger partial charge is 0.124 e. The number of fused-ring (bicyclic) bond motifs is 1. The zero-order valence-electron chi connectivity index (χ0n) is 18.1. The van der Waals surface area contributed by atoms with Crippen molar-refractivity contribution in [3.05, 3.63) is 109 Å². The number of nitrogens with zero attached hydrogens (tertiary/aromatic N) is 2. The molecule has 31 heavy (non-hydrogen) atoms. The summed E-state index contributed by atoms with van der Waals surface area (Å²) in [6.07, 6.45) is 0. The fourth-order valence-electron chi connectivity index (χ4n) is 3.57. The maximum atomic E-state index is 4.89. The molecule has 0 spiro atoms. The molecule has 3 heteroatoms. The van der Waals surface area contributed by atoms with Gasteiger partial charge in [-0.3, -0.25) is 0 Å². The lowest BCUT2D eigenvalue weighted by molar-refractivity contribution is 1.27. The van der Waals surface area contributed by atoms with Crippen LogP contribution in [0.25, 0.3) is 20.8 Å². The molecule has 5 aromatic rings. The van der Waals surface area contributed by atoms with Crippen LogP contribution in [0.15, 0.2) is 103 Å². The van der Waals surface area contributed by atoms with Crippen molar-refractivity contribution in [3.8, 4) is 10.6 Å². The Bertz CT molecular complexity index is 1190. The van der Waals surface area contributed by atoms with Gasteiger partial charge in [-0.25, -0.2) is 4.98 Å². The summed E-state index contributed by atoms with van der Waals surface area (Å²) in [5.41, 5.74) is 6.87. The third-order valence-electron chi connectivity index (χ3n) is 5.03. The minimum atomic E-state index is 1.06. The maximum absolute atomic E-state index is 4.89. The third kappa shape index (κ3) is 4.37. The Kier molecular flexibility index (Phi) is 6.44. The molecule has 0 aliphatic rings. The summed E-state index contributed by atoms with van der Waals surface area (Å²) >= 11 is 1.75. The lowest BCUT2D eigenvalue weighted by Gasteiger charge is -2.26. The van der Waals surface area contributed by atoms with Crippen molar-refractivity contribution in [1.29, 1.82) is 0 Å². The normalized spacial score (nSPS) is 10.4. The molecule has 0 N–H and O–H groups in total. The second kappa shape index (κ2) is 9.59. The topological polar surface area (TPSA) is 16.1 Å². The maximum Gasteiger partial charge on any atom is 0.124 e. The zero-order valence-corrected chi connectivity index (χ0v) is 18.9. The van der Waals surface area contributed by atoms with Gasteiger partial charge in [0, 0.05) is 22.6 Å². The molecule has 0 fully saturated rings. The molecule has 0 atom stereocenters. The van der Waals surface area contributed by atoms with Gasteiger partial charge in [-0.1, -0.05) is 68.4 Å². The molecule has 1 aromatic heterocycles. The van der Waals surface area contributed by atoms with Gasteiger partial charge in [-0.2, -0.15) is 0 Å². The van der Waals surface area contributed by atoms with E-state index in [4.69, 9.17) is 4.98 Å². The zero-order chi connectivity index (χ0) is 21.6. The number of hydrogen-bond donors (Lipinski definition) is 0. The summed E-state index contributed by atoms with van der Waals surface area (Å²) in [5, 5.41) is 1.06. The molecular formula is C28H26N2S. The molecule has 0 saturated carbocycles. The number of anilines is 3. The van der Waals surface area contributed by atoms with Gasteiger partial charge in [0.05, 0.1) is 10.2 Å². The highest BCUT2D eigenvalue weighted by atomic mass is 32.1. The molecule has 154 valence electrons. The molecule has 0 amide bonds. The van der Waals surface area contributed by atoms with E-state index in [9.17, 15) is 0 Å². The summed E-state index contributed by atoms with van der Waals surface area (Å²) < 4.78 is 1.22. The summed E-state index contributed by atoms with van der Waals surface area (Å²) in [5.74, 6) is 0. The van der Waals surface area contributed by atoms with Crippen molar-refractivity contribution in [1.82, 2.24) is 4.98 Å². The number of thiazole rings is 1. The van der Waals surface area contributed by atoms with Gasteiger partial charge in [0.25, 0.3) is 0 Å². The van der Waals surface area contributed by atoms with E-state index >= 15 is 0 Å². The average Bonchev–Trinajstić information content (AvgIpc) is 3.27. The lowest BCUT2D eigenvalue weighted by Crippen LogP contribution is -2.09. The highest BCUT2D eigenvalue weighted by molar-refractivity contribution is 7.21. The monoisotopic (exact) mass is 422 g/mol. The predicted octanol–water partition coefficient (Wildman–Crippen LogP) is 8.77. The van der Waals surface area contributed by atoms with Crippen LogP contribution in [-0.4, -0.2) is 4.98 Å². The molecule has 5 rings (SSSR count). The molecule has 1 heterocycles. The Labute approximate surface area is 188 Å². The minimum Gasteiger partial charge on any atom is -0.310 e. The Hall–Kier alpha value is -3.43. The van der Waals surface area contributed by atoms with Crippen LogP contribution in [0.4, 0.5) is 17.1 Å². The van der Waals surface area contributed by atoms with Gasteiger partial charge in [0.2, 0.25) is 0 Å². The van der Waals surface area contributed by atoms with Crippen LogP contribution in [0.5, 0.6) is 0 Å². The van der Waals surface area contributed by atoms with Crippen molar-refractivity contribution >= 4 is 38.6 Å². The first-order valence-corrected chi connectivity index (χ1v) is 11.5. The van der Waals surface area contributed by atoms with Crippen molar-refractivity contribution in [2.24, 2.45) is 0 Å². The molecule has 0 saturated heterocycles. The Morgan fingerprint density at radius 2 is 1.23 bits per heavy atom.